The molecule has 0 aliphatic carbocycles. The molecule has 0 unspecified atom stereocenters. The summed E-state index contributed by atoms with van der Waals surface area (Å²) in [6, 6.07) is 16.1. The number of rotatable bonds is 6. The molecule has 0 bridgehead atoms. The van der Waals surface area contributed by atoms with Gasteiger partial charge in [0.25, 0.3) is 0 Å². The second-order valence-corrected chi connectivity index (χ2v) is 6.76. The Labute approximate surface area is 155 Å². The maximum atomic E-state index is 12.4. The topological polar surface area (TPSA) is 45.7 Å². The Morgan fingerprint density at radius 3 is 2.69 bits per heavy atom. The highest BCUT2D eigenvalue weighted by atomic mass is 16.5. The average Bonchev–Trinajstić information content (AvgIpc) is 2.88. The first-order valence-corrected chi connectivity index (χ1v) is 9.25. The Kier molecular flexibility index (Phi) is 6.75. The van der Waals surface area contributed by atoms with Gasteiger partial charge in [-0.1, -0.05) is 36.4 Å². The van der Waals surface area contributed by atoms with Crippen molar-refractivity contribution in [3.05, 3.63) is 65.5 Å². The molecule has 1 aromatic carbocycles. The highest BCUT2D eigenvalue weighted by Crippen LogP contribution is 2.09. The lowest BCUT2D eigenvalue weighted by Crippen LogP contribution is -2.37. The first-order chi connectivity index (χ1) is 12.7. The van der Waals surface area contributed by atoms with Gasteiger partial charge in [0.15, 0.2) is 0 Å². The number of aromatic nitrogens is 1. The summed E-state index contributed by atoms with van der Waals surface area (Å²) in [6.45, 7) is 6.89. The zero-order chi connectivity index (χ0) is 18.2. The van der Waals surface area contributed by atoms with Crippen LogP contribution >= 0.6 is 0 Å². The predicted octanol–water partition coefficient (Wildman–Crippen LogP) is 2.64. The molecule has 1 aromatic heterocycles. The molecule has 5 nitrogen and oxygen atoms in total. The van der Waals surface area contributed by atoms with E-state index in [2.05, 4.69) is 22.0 Å². The molecule has 138 valence electrons. The van der Waals surface area contributed by atoms with Crippen molar-refractivity contribution in [1.82, 2.24) is 14.8 Å². The van der Waals surface area contributed by atoms with E-state index in [-0.39, 0.29) is 12.5 Å². The molecule has 0 spiro atoms. The number of nitrogens with zero attached hydrogens (tertiary/aromatic N) is 3. The van der Waals surface area contributed by atoms with Crippen LogP contribution in [0.5, 0.6) is 0 Å². The smallest absolute Gasteiger partial charge is 0.248 e. The molecule has 2 heterocycles. The molecule has 1 amide bonds. The first kappa shape index (κ1) is 18.5. The van der Waals surface area contributed by atoms with E-state index in [0.29, 0.717) is 6.61 Å². The summed E-state index contributed by atoms with van der Waals surface area (Å²) >= 11 is 0. The summed E-state index contributed by atoms with van der Waals surface area (Å²) in [7, 11) is 0. The van der Waals surface area contributed by atoms with E-state index in [1.807, 2.05) is 48.2 Å². The molecule has 3 rings (SSSR count). The highest BCUT2D eigenvalue weighted by molar-refractivity contribution is 5.77. The fraction of sp³-hybridized carbons (Fsp3) is 0.429. The predicted molar refractivity (Wildman–Crippen MR) is 102 cm³/mol. The van der Waals surface area contributed by atoms with E-state index in [1.54, 1.807) is 0 Å². The van der Waals surface area contributed by atoms with Gasteiger partial charge < -0.3 is 9.64 Å². The number of benzene rings is 1. The van der Waals surface area contributed by atoms with Gasteiger partial charge in [0, 0.05) is 38.4 Å². The summed E-state index contributed by atoms with van der Waals surface area (Å²) < 4.78 is 5.60. The summed E-state index contributed by atoms with van der Waals surface area (Å²) in [6.07, 6.45) is 0.982. The van der Waals surface area contributed by atoms with Gasteiger partial charge >= 0.3 is 0 Å². The van der Waals surface area contributed by atoms with Gasteiger partial charge in [0.05, 0.1) is 12.3 Å². The second-order valence-electron chi connectivity index (χ2n) is 6.76. The van der Waals surface area contributed by atoms with Crippen LogP contribution in [0.25, 0.3) is 0 Å². The molecular weight excluding hydrogens is 326 g/mol. The van der Waals surface area contributed by atoms with E-state index in [1.165, 1.54) is 0 Å². The van der Waals surface area contributed by atoms with Crippen molar-refractivity contribution in [3.8, 4) is 0 Å². The molecule has 26 heavy (non-hydrogen) atoms. The second kappa shape index (κ2) is 9.46. The quantitative estimate of drug-likeness (QED) is 0.801. The number of hydrogen-bond acceptors (Lipinski definition) is 4. The van der Waals surface area contributed by atoms with Gasteiger partial charge in [-0.3, -0.25) is 14.7 Å². The van der Waals surface area contributed by atoms with Crippen LogP contribution in [0, 0.1) is 6.92 Å². The van der Waals surface area contributed by atoms with Crippen molar-refractivity contribution in [3.63, 3.8) is 0 Å². The standard InChI is InChI=1S/C21H27N3O2/c1-18-7-5-10-20(22-18)15-23-11-6-12-24(14-13-23)21(25)17-26-16-19-8-3-2-4-9-19/h2-5,7-10H,6,11-17H2,1H3. The lowest BCUT2D eigenvalue weighted by molar-refractivity contribution is -0.136. The van der Waals surface area contributed by atoms with Crippen LogP contribution in [-0.2, 0) is 22.7 Å². The fourth-order valence-electron chi connectivity index (χ4n) is 3.22. The number of aryl methyl sites for hydroxylation is 1. The number of carbonyl (C=O) groups excluding carboxylic acids is 1. The Morgan fingerprint density at radius 2 is 1.88 bits per heavy atom. The summed E-state index contributed by atoms with van der Waals surface area (Å²) in [4.78, 5) is 21.3. The number of pyridine rings is 1. The lowest BCUT2D eigenvalue weighted by atomic mass is 10.2. The van der Waals surface area contributed by atoms with Gasteiger partial charge in [0.2, 0.25) is 5.91 Å². The first-order valence-electron chi connectivity index (χ1n) is 9.25. The van der Waals surface area contributed by atoms with Gasteiger partial charge in [-0.25, -0.2) is 0 Å². The molecule has 5 heteroatoms. The third kappa shape index (κ3) is 5.64. The number of ether oxygens (including phenoxy) is 1. The minimum Gasteiger partial charge on any atom is -0.367 e. The molecule has 1 aliphatic rings. The van der Waals surface area contributed by atoms with E-state index in [9.17, 15) is 4.79 Å². The molecule has 2 aromatic rings. The van der Waals surface area contributed by atoms with Crippen molar-refractivity contribution in [2.24, 2.45) is 0 Å². The molecule has 1 saturated heterocycles. The van der Waals surface area contributed by atoms with Crippen molar-refractivity contribution < 1.29 is 9.53 Å². The molecule has 0 radical (unpaired) electrons. The summed E-state index contributed by atoms with van der Waals surface area (Å²) in [5, 5.41) is 0. The summed E-state index contributed by atoms with van der Waals surface area (Å²) in [5.74, 6) is 0.0801. The Morgan fingerprint density at radius 1 is 1.04 bits per heavy atom. The number of carbonyl (C=O) groups is 1. The molecular formula is C21H27N3O2. The van der Waals surface area contributed by atoms with Crippen molar-refractivity contribution in [1.29, 1.82) is 0 Å². The minimum atomic E-state index is 0.0801. The third-order valence-electron chi connectivity index (χ3n) is 4.61. The van der Waals surface area contributed by atoms with E-state index in [0.717, 1.165) is 56.1 Å². The largest absolute Gasteiger partial charge is 0.367 e. The zero-order valence-electron chi connectivity index (χ0n) is 15.4. The van der Waals surface area contributed by atoms with E-state index >= 15 is 0 Å². The molecule has 0 atom stereocenters. The highest BCUT2D eigenvalue weighted by Gasteiger charge is 2.19. The maximum Gasteiger partial charge on any atom is 0.248 e. The third-order valence-corrected chi connectivity index (χ3v) is 4.61. The Bertz CT molecular complexity index is 705. The van der Waals surface area contributed by atoms with Crippen LogP contribution in [0.4, 0.5) is 0 Å². The van der Waals surface area contributed by atoms with Gasteiger partial charge in [-0.2, -0.15) is 0 Å². The number of hydrogen-bond donors (Lipinski definition) is 0. The summed E-state index contributed by atoms with van der Waals surface area (Å²) in [5.41, 5.74) is 3.23. The van der Waals surface area contributed by atoms with Crippen LogP contribution in [0.3, 0.4) is 0 Å². The minimum absolute atomic E-state index is 0.0801. The maximum absolute atomic E-state index is 12.4. The van der Waals surface area contributed by atoms with Gasteiger partial charge in [-0.15, -0.1) is 0 Å². The van der Waals surface area contributed by atoms with E-state index < -0.39 is 0 Å². The van der Waals surface area contributed by atoms with Crippen LogP contribution in [-0.4, -0.2) is 53.5 Å². The van der Waals surface area contributed by atoms with Crippen LogP contribution in [0.2, 0.25) is 0 Å². The van der Waals surface area contributed by atoms with E-state index in [4.69, 9.17) is 4.74 Å². The zero-order valence-corrected chi connectivity index (χ0v) is 15.4. The monoisotopic (exact) mass is 353 g/mol. The van der Waals surface area contributed by atoms with Crippen molar-refractivity contribution in [2.45, 2.75) is 26.5 Å². The van der Waals surface area contributed by atoms with Gasteiger partial charge in [0.1, 0.15) is 6.61 Å². The normalized spacial score (nSPS) is 15.7. The van der Waals surface area contributed by atoms with Gasteiger partial charge in [-0.05, 0) is 31.0 Å². The van der Waals surface area contributed by atoms with Crippen LogP contribution in [0.15, 0.2) is 48.5 Å². The molecule has 1 aliphatic heterocycles. The molecule has 0 N–H and O–H groups in total. The van der Waals surface area contributed by atoms with Crippen molar-refractivity contribution >= 4 is 5.91 Å². The van der Waals surface area contributed by atoms with Crippen molar-refractivity contribution in [2.75, 3.05) is 32.8 Å². The molecule has 1 fully saturated rings. The van der Waals surface area contributed by atoms with Crippen LogP contribution < -0.4 is 0 Å². The lowest BCUT2D eigenvalue weighted by Gasteiger charge is -2.22. The average molecular weight is 353 g/mol. The SMILES string of the molecule is Cc1cccc(CN2CCCN(C(=O)COCc3ccccc3)CC2)n1. The number of amides is 1. The molecule has 0 saturated carbocycles. The van der Waals surface area contributed by atoms with Crippen LogP contribution in [0.1, 0.15) is 23.4 Å². The Balaban J connectivity index is 1.43. The Hall–Kier alpha value is -2.24. The fourth-order valence-corrected chi connectivity index (χ4v) is 3.22.